The van der Waals surface area contributed by atoms with Crippen LogP contribution in [0.3, 0.4) is 0 Å². The topological polar surface area (TPSA) is 118 Å². The third-order valence-electron chi connectivity index (χ3n) is 3.59. The van der Waals surface area contributed by atoms with Gasteiger partial charge < -0.3 is 14.6 Å². The summed E-state index contributed by atoms with van der Waals surface area (Å²) < 4.78 is 5.65. The highest BCUT2D eigenvalue weighted by Crippen LogP contribution is 2.33. The van der Waals surface area contributed by atoms with Crippen LogP contribution in [0.5, 0.6) is 0 Å². The van der Waals surface area contributed by atoms with Crippen molar-refractivity contribution in [2.45, 2.75) is 0 Å². The molecule has 2 amide bonds. The van der Waals surface area contributed by atoms with E-state index in [-0.39, 0.29) is 28.2 Å². The first-order valence-corrected chi connectivity index (χ1v) is 8.96. The zero-order valence-electron chi connectivity index (χ0n) is 15.0. The molecule has 0 saturated carbocycles. The lowest BCUT2D eigenvalue weighted by molar-refractivity contribution is -0.384. The predicted octanol–water partition coefficient (Wildman–Crippen LogP) is 2.50. The largest absolute Gasteiger partial charge is 0.456 e. The molecular weight excluding hydrogens is 384 g/mol. The van der Waals surface area contributed by atoms with E-state index in [1.54, 1.807) is 49.3 Å². The van der Waals surface area contributed by atoms with Gasteiger partial charge in [-0.25, -0.2) is 0 Å². The maximum atomic E-state index is 12.0. The zero-order valence-corrected chi connectivity index (χ0v) is 15.9. The Kier molecular flexibility index (Phi) is 5.71. The molecule has 1 N–H and O–H groups in total. The third-order valence-corrected chi connectivity index (χ3v) is 4.49. The van der Waals surface area contributed by atoms with E-state index < -0.39 is 10.8 Å². The number of rotatable bonds is 5. The van der Waals surface area contributed by atoms with Crippen LogP contribution in [0.2, 0.25) is 0 Å². The van der Waals surface area contributed by atoms with Gasteiger partial charge in [0.05, 0.1) is 21.9 Å². The summed E-state index contributed by atoms with van der Waals surface area (Å²) in [4.78, 5) is 40.3. The number of nitrogens with zero attached hydrogens (tertiary/aromatic N) is 3. The SMILES string of the molecule is CN(C)CC(=O)NC1=NC(=O)/C(=C/c2ccc(-c3ccccc3[N+](=O)[O-])o2)S1. The minimum atomic E-state index is -0.492. The summed E-state index contributed by atoms with van der Waals surface area (Å²) in [6.07, 6.45) is 1.49. The molecule has 0 radical (unpaired) electrons. The summed E-state index contributed by atoms with van der Waals surface area (Å²) in [6, 6.07) is 9.43. The molecule has 144 valence electrons. The van der Waals surface area contributed by atoms with Gasteiger partial charge >= 0.3 is 0 Å². The molecule has 0 aliphatic carbocycles. The van der Waals surface area contributed by atoms with Crippen LogP contribution < -0.4 is 5.32 Å². The fraction of sp³-hybridized carbons (Fsp3) is 0.167. The zero-order chi connectivity index (χ0) is 20.3. The Labute approximate surface area is 164 Å². The van der Waals surface area contributed by atoms with E-state index in [2.05, 4.69) is 10.3 Å². The second kappa shape index (κ2) is 8.19. The number of amidine groups is 1. The van der Waals surface area contributed by atoms with Crippen molar-refractivity contribution in [1.82, 2.24) is 10.2 Å². The van der Waals surface area contributed by atoms with E-state index in [0.717, 1.165) is 11.8 Å². The Morgan fingerprint density at radius 3 is 2.79 bits per heavy atom. The highest BCUT2D eigenvalue weighted by molar-refractivity contribution is 8.18. The summed E-state index contributed by atoms with van der Waals surface area (Å²) >= 11 is 1.03. The van der Waals surface area contributed by atoms with Crippen LogP contribution in [0, 0.1) is 10.1 Å². The molecule has 0 atom stereocenters. The molecule has 1 aromatic carbocycles. The second-order valence-corrected chi connectivity index (χ2v) is 7.13. The van der Waals surface area contributed by atoms with Gasteiger partial charge in [-0.1, -0.05) is 12.1 Å². The predicted molar refractivity (Wildman–Crippen MR) is 106 cm³/mol. The number of furan rings is 1. The van der Waals surface area contributed by atoms with Gasteiger partial charge in [0.25, 0.3) is 11.6 Å². The third kappa shape index (κ3) is 4.53. The number of likely N-dealkylation sites (N-methyl/N-ethyl adjacent to an activating group) is 1. The number of aliphatic imine (C=N–C) groups is 1. The fourth-order valence-electron chi connectivity index (χ4n) is 2.45. The molecule has 1 aliphatic rings. The molecule has 0 fully saturated rings. The number of amides is 2. The van der Waals surface area contributed by atoms with Gasteiger partial charge in [0, 0.05) is 12.1 Å². The molecule has 3 rings (SSSR count). The molecule has 10 heteroatoms. The van der Waals surface area contributed by atoms with Gasteiger partial charge in [-0.15, -0.1) is 0 Å². The summed E-state index contributed by atoms with van der Waals surface area (Å²) in [5.41, 5.74) is 0.270. The van der Waals surface area contributed by atoms with E-state index >= 15 is 0 Å². The Morgan fingerprint density at radius 2 is 2.07 bits per heavy atom. The minimum absolute atomic E-state index is 0.0726. The smallest absolute Gasteiger partial charge is 0.286 e. The average molecular weight is 400 g/mol. The first-order chi connectivity index (χ1) is 13.3. The molecular formula is C18H16N4O5S. The molecule has 1 aromatic heterocycles. The first kappa shape index (κ1) is 19.5. The molecule has 1 aliphatic heterocycles. The number of carbonyl (C=O) groups excluding carboxylic acids is 2. The number of carbonyl (C=O) groups is 2. The molecule has 2 aromatic rings. The quantitative estimate of drug-likeness (QED) is 0.465. The summed E-state index contributed by atoms with van der Waals surface area (Å²) in [5, 5.41) is 13.9. The van der Waals surface area contributed by atoms with E-state index in [1.165, 1.54) is 12.1 Å². The van der Waals surface area contributed by atoms with Crippen LogP contribution >= 0.6 is 11.8 Å². The fourth-order valence-corrected chi connectivity index (χ4v) is 3.26. The van der Waals surface area contributed by atoms with Crippen LogP contribution in [0.1, 0.15) is 5.76 Å². The second-order valence-electron chi connectivity index (χ2n) is 6.09. The van der Waals surface area contributed by atoms with Crippen LogP contribution in [-0.2, 0) is 9.59 Å². The number of hydrogen-bond donors (Lipinski definition) is 1. The van der Waals surface area contributed by atoms with Crippen molar-refractivity contribution in [1.29, 1.82) is 0 Å². The van der Waals surface area contributed by atoms with E-state index in [1.807, 2.05) is 0 Å². The number of benzene rings is 1. The van der Waals surface area contributed by atoms with Crippen molar-refractivity contribution in [3.63, 3.8) is 0 Å². The lowest BCUT2D eigenvalue weighted by atomic mass is 10.1. The number of hydrogen-bond acceptors (Lipinski definition) is 7. The molecule has 0 saturated heterocycles. The van der Waals surface area contributed by atoms with Crippen LogP contribution in [0.4, 0.5) is 5.69 Å². The monoisotopic (exact) mass is 400 g/mol. The van der Waals surface area contributed by atoms with Crippen LogP contribution in [0.25, 0.3) is 17.4 Å². The lowest BCUT2D eigenvalue weighted by Gasteiger charge is -2.08. The van der Waals surface area contributed by atoms with Crippen molar-refractivity contribution < 1.29 is 18.9 Å². The van der Waals surface area contributed by atoms with Crippen molar-refractivity contribution in [2.24, 2.45) is 4.99 Å². The number of para-hydroxylation sites is 1. The van der Waals surface area contributed by atoms with Crippen molar-refractivity contribution in [2.75, 3.05) is 20.6 Å². The molecule has 9 nitrogen and oxygen atoms in total. The Bertz CT molecular complexity index is 1010. The van der Waals surface area contributed by atoms with Crippen LogP contribution in [-0.4, -0.2) is 47.4 Å². The number of nitro groups is 1. The van der Waals surface area contributed by atoms with E-state index in [9.17, 15) is 19.7 Å². The first-order valence-electron chi connectivity index (χ1n) is 8.14. The number of nitrogens with one attached hydrogen (secondary N) is 1. The summed E-state index contributed by atoms with van der Waals surface area (Å²) in [5.74, 6) is -0.106. The number of thioether (sulfide) groups is 1. The maximum absolute atomic E-state index is 12.0. The van der Waals surface area contributed by atoms with Gasteiger partial charge in [0.15, 0.2) is 5.17 Å². The molecule has 0 unspecified atom stereocenters. The van der Waals surface area contributed by atoms with E-state index in [4.69, 9.17) is 4.42 Å². The van der Waals surface area contributed by atoms with Crippen molar-refractivity contribution in [3.05, 3.63) is 57.2 Å². The van der Waals surface area contributed by atoms with Gasteiger partial charge in [-0.2, -0.15) is 4.99 Å². The Balaban J connectivity index is 1.75. The van der Waals surface area contributed by atoms with Gasteiger partial charge in [-0.3, -0.25) is 19.7 Å². The van der Waals surface area contributed by atoms with Gasteiger partial charge in [0.2, 0.25) is 5.91 Å². The van der Waals surface area contributed by atoms with Gasteiger partial charge in [-0.05, 0) is 44.1 Å². The van der Waals surface area contributed by atoms with Crippen molar-refractivity contribution in [3.8, 4) is 11.3 Å². The van der Waals surface area contributed by atoms with E-state index in [0.29, 0.717) is 17.1 Å². The maximum Gasteiger partial charge on any atom is 0.286 e. The summed E-state index contributed by atoms with van der Waals surface area (Å²) in [7, 11) is 3.51. The lowest BCUT2D eigenvalue weighted by Crippen LogP contribution is -2.35. The molecule has 0 spiro atoms. The standard InChI is InChI=1S/C18H16N4O5S/c1-21(2)10-16(23)19-18-20-17(24)15(28-18)9-11-7-8-14(27-11)12-5-3-4-6-13(12)22(25)26/h3-9H,10H2,1-2H3,(H,19,20,23,24)/b15-9-. The highest BCUT2D eigenvalue weighted by Gasteiger charge is 2.24. The molecule has 0 bridgehead atoms. The average Bonchev–Trinajstić information content (AvgIpc) is 3.21. The molecule has 2 heterocycles. The number of nitro benzene ring substituents is 1. The Hall–Kier alpha value is -3.24. The Morgan fingerprint density at radius 1 is 1.32 bits per heavy atom. The van der Waals surface area contributed by atoms with Crippen molar-refractivity contribution >= 4 is 40.5 Å². The summed E-state index contributed by atoms with van der Waals surface area (Å²) in [6.45, 7) is 0.171. The van der Waals surface area contributed by atoms with Gasteiger partial charge in [0.1, 0.15) is 11.5 Å². The normalized spacial score (nSPS) is 15.2. The molecule has 28 heavy (non-hydrogen) atoms. The van der Waals surface area contributed by atoms with Crippen LogP contribution in [0.15, 0.2) is 50.7 Å². The highest BCUT2D eigenvalue weighted by atomic mass is 32.2. The minimum Gasteiger partial charge on any atom is -0.456 e.